The van der Waals surface area contributed by atoms with E-state index in [0.29, 0.717) is 18.1 Å². The predicted molar refractivity (Wildman–Crippen MR) is 96.8 cm³/mol. The Morgan fingerprint density at radius 2 is 1.92 bits per heavy atom. The minimum atomic E-state index is -0.0747. The fourth-order valence-electron chi connectivity index (χ4n) is 3.58. The summed E-state index contributed by atoms with van der Waals surface area (Å²) in [5, 5.41) is 7.53. The number of hydrogen-bond donors (Lipinski definition) is 2. The number of benzene rings is 1. The summed E-state index contributed by atoms with van der Waals surface area (Å²) in [5.74, 6) is 0.816. The number of rotatable bonds is 2. The number of carbonyl (C=O) groups excluding carboxylic acids is 1. The predicted octanol–water partition coefficient (Wildman–Crippen LogP) is 2.94. The summed E-state index contributed by atoms with van der Waals surface area (Å²) in [7, 11) is 0. The second-order valence-electron chi connectivity index (χ2n) is 6.31. The summed E-state index contributed by atoms with van der Waals surface area (Å²) >= 11 is 0. The molecule has 0 saturated carbocycles. The van der Waals surface area contributed by atoms with E-state index in [4.69, 9.17) is 10.8 Å². The van der Waals surface area contributed by atoms with E-state index in [1.165, 1.54) is 0 Å². The van der Waals surface area contributed by atoms with Gasteiger partial charge in [0, 0.05) is 29.2 Å². The van der Waals surface area contributed by atoms with E-state index in [-0.39, 0.29) is 11.8 Å². The number of carbonyl (C=O) groups is 1. The van der Waals surface area contributed by atoms with Crippen LogP contribution in [0, 0.1) is 13.8 Å². The molecule has 0 aliphatic carbocycles. The molecule has 3 heterocycles. The first-order valence-electron chi connectivity index (χ1n) is 8.22. The first-order chi connectivity index (χ1) is 12.0. The zero-order chi connectivity index (χ0) is 17.6. The number of amides is 1. The highest BCUT2D eigenvalue weighted by Gasteiger charge is 2.31. The third kappa shape index (κ3) is 2.55. The maximum absolute atomic E-state index is 12.2. The Morgan fingerprint density at radius 3 is 2.68 bits per heavy atom. The number of aryl methyl sites for hydroxylation is 1. The summed E-state index contributed by atoms with van der Waals surface area (Å²) in [4.78, 5) is 16.5. The van der Waals surface area contributed by atoms with Crippen LogP contribution in [-0.2, 0) is 4.79 Å². The van der Waals surface area contributed by atoms with Gasteiger partial charge in [0.1, 0.15) is 11.6 Å². The number of nitrogens with two attached hydrogens (primary N) is 1. The number of para-hydroxylation sites is 1. The minimum Gasteiger partial charge on any atom is -0.384 e. The lowest BCUT2D eigenvalue weighted by molar-refractivity contribution is -0.116. The molecular weight excluding hydrogens is 314 g/mol. The molecule has 1 atom stereocenters. The Hall–Kier alpha value is -3.15. The van der Waals surface area contributed by atoms with Crippen molar-refractivity contribution >= 4 is 17.5 Å². The summed E-state index contributed by atoms with van der Waals surface area (Å²) in [6.07, 6.45) is 0.376. The average molecular weight is 333 g/mol. The Morgan fingerprint density at radius 1 is 1.16 bits per heavy atom. The van der Waals surface area contributed by atoms with Crippen molar-refractivity contribution in [2.45, 2.75) is 26.2 Å². The highest BCUT2D eigenvalue weighted by atomic mass is 16.1. The van der Waals surface area contributed by atoms with Crippen LogP contribution in [0.1, 0.15) is 34.9 Å². The monoisotopic (exact) mass is 333 g/mol. The van der Waals surface area contributed by atoms with Crippen molar-refractivity contribution < 1.29 is 4.79 Å². The van der Waals surface area contributed by atoms with Crippen LogP contribution in [0.15, 0.2) is 42.5 Å². The number of nitrogen functional groups attached to an aromatic ring is 1. The van der Waals surface area contributed by atoms with Crippen molar-refractivity contribution in [3.05, 3.63) is 65.0 Å². The summed E-state index contributed by atoms with van der Waals surface area (Å²) < 4.78 is 1.93. The maximum atomic E-state index is 12.2. The van der Waals surface area contributed by atoms with Crippen molar-refractivity contribution in [3.8, 4) is 5.69 Å². The third-order valence-corrected chi connectivity index (χ3v) is 4.67. The molecular formula is C19H19N5O. The van der Waals surface area contributed by atoms with Gasteiger partial charge in [-0.2, -0.15) is 5.10 Å². The molecule has 0 saturated heterocycles. The molecule has 1 aliphatic heterocycles. The lowest BCUT2D eigenvalue weighted by Gasteiger charge is -2.25. The quantitative estimate of drug-likeness (QED) is 0.755. The van der Waals surface area contributed by atoms with Crippen molar-refractivity contribution in [2.75, 3.05) is 11.1 Å². The normalized spacial score (nSPS) is 16.4. The number of hydrogen-bond acceptors (Lipinski definition) is 4. The molecule has 4 rings (SSSR count). The van der Waals surface area contributed by atoms with Gasteiger partial charge < -0.3 is 11.1 Å². The summed E-state index contributed by atoms with van der Waals surface area (Å²) in [6.45, 7) is 4.03. The molecule has 0 spiro atoms. The number of nitrogens with one attached hydrogen (secondary N) is 1. The molecule has 6 nitrogen and oxygen atoms in total. The Balaban J connectivity index is 1.86. The Bertz CT molecular complexity index is 961. The molecule has 25 heavy (non-hydrogen) atoms. The largest absolute Gasteiger partial charge is 0.384 e. The van der Waals surface area contributed by atoms with Crippen LogP contribution in [0.5, 0.6) is 0 Å². The molecule has 1 amide bonds. The standard InChI is InChI=1S/C19H19N5O/c1-11-18(12(2)24(23-11)13-6-4-3-5-7-13)15-10-17(25)22-19-14(15)8-9-16(20)21-19/h3-9,15H,10H2,1-2H3,(H3,20,21,22,25)/t15-/m1/s1. The van der Waals surface area contributed by atoms with Gasteiger partial charge in [-0.3, -0.25) is 4.79 Å². The van der Waals surface area contributed by atoms with Gasteiger partial charge in [0.25, 0.3) is 0 Å². The fraction of sp³-hybridized carbons (Fsp3) is 0.211. The van der Waals surface area contributed by atoms with E-state index < -0.39 is 0 Å². The average Bonchev–Trinajstić information content (AvgIpc) is 2.89. The van der Waals surface area contributed by atoms with Gasteiger partial charge >= 0.3 is 0 Å². The first kappa shape index (κ1) is 15.4. The molecule has 2 aromatic heterocycles. The third-order valence-electron chi connectivity index (χ3n) is 4.67. The molecule has 3 aromatic rings. The van der Waals surface area contributed by atoms with E-state index in [1.807, 2.05) is 54.9 Å². The first-order valence-corrected chi connectivity index (χ1v) is 8.22. The lowest BCUT2D eigenvalue weighted by Crippen LogP contribution is -2.25. The van der Waals surface area contributed by atoms with Crippen LogP contribution in [0.2, 0.25) is 0 Å². The number of anilines is 2. The number of nitrogens with zero attached hydrogens (tertiary/aromatic N) is 3. The molecule has 0 unspecified atom stereocenters. The smallest absolute Gasteiger partial charge is 0.226 e. The lowest BCUT2D eigenvalue weighted by atomic mass is 9.85. The number of pyridine rings is 1. The van der Waals surface area contributed by atoms with Crippen LogP contribution < -0.4 is 11.1 Å². The second kappa shape index (κ2) is 5.73. The molecule has 6 heteroatoms. The van der Waals surface area contributed by atoms with Crippen LogP contribution in [0.4, 0.5) is 11.6 Å². The van der Waals surface area contributed by atoms with E-state index in [0.717, 1.165) is 28.2 Å². The van der Waals surface area contributed by atoms with Crippen molar-refractivity contribution in [3.63, 3.8) is 0 Å². The van der Waals surface area contributed by atoms with Gasteiger partial charge in [-0.15, -0.1) is 0 Å². The highest BCUT2D eigenvalue weighted by molar-refractivity contribution is 5.94. The van der Waals surface area contributed by atoms with Gasteiger partial charge in [0.2, 0.25) is 5.91 Å². The molecule has 0 radical (unpaired) electrons. The molecule has 0 fully saturated rings. The zero-order valence-electron chi connectivity index (χ0n) is 14.2. The Labute approximate surface area is 145 Å². The topological polar surface area (TPSA) is 85.8 Å². The number of aromatic nitrogens is 3. The minimum absolute atomic E-state index is 0.0538. The van der Waals surface area contributed by atoms with Crippen molar-refractivity contribution in [2.24, 2.45) is 0 Å². The van der Waals surface area contributed by atoms with Gasteiger partial charge in [0.15, 0.2) is 0 Å². The molecule has 1 aliphatic rings. The Kier molecular flexibility index (Phi) is 3.53. The fourth-order valence-corrected chi connectivity index (χ4v) is 3.58. The van der Waals surface area contributed by atoms with Gasteiger partial charge in [0.05, 0.1) is 11.4 Å². The van der Waals surface area contributed by atoms with Gasteiger partial charge in [-0.25, -0.2) is 9.67 Å². The van der Waals surface area contributed by atoms with E-state index in [9.17, 15) is 4.79 Å². The number of fused-ring (bicyclic) bond motifs is 1. The van der Waals surface area contributed by atoms with Crippen LogP contribution in [0.25, 0.3) is 5.69 Å². The SMILES string of the molecule is Cc1nn(-c2ccccc2)c(C)c1[C@@H]1CC(=O)Nc2nc(N)ccc21. The molecule has 0 bridgehead atoms. The maximum Gasteiger partial charge on any atom is 0.226 e. The van der Waals surface area contributed by atoms with E-state index in [1.54, 1.807) is 6.07 Å². The van der Waals surface area contributed by atoms with E-state index in [2.05, 4.69) is 10.3 Å². The van der Waals surface area contributed by atoms with E-state index >= 15 is 0 Å². The summed E-state index contributed by atoms with van der Waals surface area (Å²) in [6, 6.07) is 13.7. The van der Waals surface area contributed by atoms with Crippen LogP contribution in [-0.4, -0.2) is 20.7 Å². The zero-order valence-corrected chi connectivity index (χ0v) is 14.2. The van der Waals surface area contributed by atoms with Crippen molar-refractivity contribution in [1.29, 1.82) is 0 Å². The summed E-state index contributed by atoms with van der Waals surface area (Å²) in [5.41, 5.74) is 10.8. The second-order valence-corrected chi connectivity index (χ2v) is 6.31. The van der Waals surface area contributed by atoms with Crippen LogP contribution >= 0.6 is 0 Å². The highest BCUT2D eigenvalue weighted by Crippen LogP contribution is 2.39. The molecule has 1 aromatic carbocycles. The van der Waals surface area contributed by atoms with Crippen LogP contribution in [0.3, 0.4) is 0 Å². The molecule has 126 valence electrons. The van der Waals surface area contributed by atoms with Crippen molar-refractivity contribution in [1.82, 2.24) is 14.8 Å². The van der Waals surface area contributed by atoms with Gasteiger partial charge in [-0.05, 0) is 32.0 Å². The van der Waals surface area contributed by atoms with Gasteiger partial charge in [-0.1, -0.05) is 24.3 Å². The molecule has 3 N–H and O–H groups in total.